The summed E-state index contributed by atoms with van der Waals surface area (Å²) >= 11 is 0. The minimum Gasteiger partial charge on any atom is -0.326 e. The molecule has 0 unspecified atom stereocenters. The zero-order chi connectivity index (χ0) is 22.3. The monoisotopic (exact) mass is 429 g/mol. The lowest BCUT2D eigenvalue weighted by Gasteiger charge is -2.27. The second kappa shape index (κ2) is 9.98. The van der Waals surface area contributed by atoms with Crippen molar-refractivity contribution < 1.29 is 9.59 Å². The molecule has 1 aliphatic rings. The van der Waals surface area contributed by atoms with Crippen molar-refractivity contribution in [2.45, 2.75) is 25.8 Å². The highest BCUT2D eigenvalue weighted by Crippen LogP contribution is 2.24. The number of anilines is 4. The van der Waals surface area contributed by atoms with Gasteiger partial charge in [0.25, 0.3) is 0 Å². The molecule has 0 saturated carbocycles. The maximum atomic E-state index is 13.2. The van der Waals surface area contributed by atoms with Crippen LogP contribution in [-0.2, 0) is 11.3 Å². The van der Waals surface area contributed by atoms with E-state index in [1.54, 1.807) is 4.90 Å². The number of carbonyl (C=O) groups excluding carboxylic acids is 2. The van der Waals surface area contributed by atoms with Crippen LogP contribution in [0.5, 0.6) is 0 Å². The molecule has 1 fully saturated rings. The van der Waals surface area contributed by atoms with Crippen LogP contribution in [0.3, 0.4) is 0 Å². The number of hydrogen-bond donors (Lipinski definition) is 3. The fourth-order valence-corrected chi connectivity index (χ4v) is 3.69. The van der Waals surface area contributed by atoms with Gasteiger partial charge < -0.3 is 16.0 Å². The summed E-state index contributed by atoms with van der Waals surface area (Å²) in [5.41, 5.74) is 12.8. The first-order chi connectivity index (χ1) is 15.6. The van der Waals surface area contributed by atoms with Crippen LogP contribution in [0.25, 0.3) is 0 Å². The lowest BCUT2D eigenvalue weighted by atomic mass is 10.1. The normalized spacial score (nSPS) is 13.5. The van der Waals surface area contributed by atoms with Gasteiger partial charge in [0.2, 0.25) is 5.91 Å². The first kappa shape index (κ1) is 21.4. The van der Waals surface area contributed by atoms with Gasteiger partial charge >= 0.3 is 6.03 Å². The maximum Gasteiger partial charge on any atom is 0.345 e. The quantitative estimate of drug-likeness (QED) is 0.494. The summed E-state index contributed by atoms with van der Waals surface area (Å²) in [6.45, 7) is 1.15. The minimum absolute atomic E-state index is 0.146. The summed E-state index contributed by atoms with van der Waals surface area (Å²) in [7, 11) is 0. The third kappa shape index (κ3) is 5.07. The Balaban J connectivity index is 1.51. The Labute approximate surface area is 187 Å². The zero-order valence-corrected chi connectivity index (χ0v) is 17.8. The fraction of sp³-hybridized carbons (Fsp3) is 0.200. The summed E-state index contributed by atoms with van der Waals surface area (Å²) in [5, 5.41) is 4.38. The largest absolute Gasteiger partial charge is 0.345 e. The average Bonchev–Trinajstić information content (AvgIpc) is 2.84. The van der Waals surface area contributed by atoms with Crippen molar-refractivity contribution in [3.8, 4) is 0 Å². The number of hydrazine groups is 1. The van der Waals surface area contributed by atoms with Gasteiger partial charge in [-0.05, 0) is 66.9 Å². The predicted octanol–water partition coefficient (Wildman–Crippen LogP) is 4.73. The number of carbonyl (C=O) groups is 2. The van der Waals surface area contributed by atoms with E-state index in [0.717, 1.165) is 36.3 Å². The van der Waals surface area contributed by atoms with Gasteiger partial charge in [-0.25, -0.2) is 9.80 Å². The van der Waals surface area contributed by atoms with Crippen LogP contribution in [0, 0.1) is 0 Å². The molecule has 1 heterocycles. The molecule has 0 atom stereocenters. The number of amides is 3. The third-order valence-corrected chi connectivity index (χ3v) is 5.37. The van der Waals surface area contributed by atoms with Crippen molar-refractivity contribution >= 4 is 34.7 Å². The molecule has 7 heteroatoms. The summed E-state index contributed by atoms with van der Waals surface area (Å²) < 4.78 is 0. The van der Waals surface area contributed by atoms with E-state index in [1.165, 1.54) is 5.01 Å². The Morgan fingerprint density at radius 2 is 1.72 bits per heavy atom. The Hall–Kier alpha value is -3.84. The SMILES string of the molecule is NCc1cccc(NN(C(=O)Nc2ccc(N3CCCCC3=O)cc2)c2ccccc2)c1. The molecule has 0 spiro atoms. The summed E-state index contributed by atoms with van der Waals surface area (Å²) in [4.78, 5) is 27.1. The van der Waals surface area contributed by atoms with E-state index in [4.69, 9.17) is 5.73 Å². The highest BCUT2D eigenvalue weighted by atomic mass is 16.2. The van der Waals surface area contributed by atoms with Crippen LogP contribution in [0.1, 0.15) is 24.8 Å². The number of hydrogen-bond acceptors (Lipinski definition) is 4. The fourth-order valence-electron chi connectivity index (χ4n) is 3.69. The van der Waals surface area contributed by atoms with Gasteiger partial charge in [-0.2, -0.15) is 0 Å². The molecular weight excluding hydrogens is 402 g/mol. The second-order valence-corrected chi connectivity index (χ2v) is 7.67. The zero-order valence-electron chi connectivity index (χ0n) is 17.8. The Bertz CT molecular complexity index is 1070. The highest BCUT2D eigenvalue weighted by molar-refractivity contribution is 6.03. The molecule has 3 aromatic rings. The van der Waals surface area contributed by atoms with Gasteiger partial charge in [0.15, 0.2) is 0 Å². The molecule has 3 amide bonds. The Morgan fingerprint density at radius 1 is 0.938 bits per heavy atom. The molecule has 0 aliphatic carbocycles. The van der Waals surface area contributed by atoms with Crippen LogP contribution in [-0.4, -0.2) is 18.5 Å². The van der Waals surface area contributed by atoms with Crippen LogP contribution < -0.4 is 26.4 Å². The number of rotatable bonds is 6. The molecule has 7 nitrogen and oxygen atoms in total. The van der Waals surface area contributed by atoms with Crippen LogP contribution in [0.2, 0.25) is 0 Å². The number of nitrogens with one attached hydrogen (secondary N) is 2. The number of para-hydroxylation sites is 1. The van der Waals surface area contributed by atoms with E-state index in [1.807, 2.05) is 78.9 Å². The van der Waals surface area contributed by atoms with Gasteiger partial charge in [0.1, 0.15) is 0 Å². The first-order valence-corrected chi connectivity index (χ1v) is 10.8. The van der Waals surface area contributed by atoms with Crippen molar-refractivity contribution in [2.75, 3.05) is 27.2 Å². The van der Waals surface area contributed by atoms with Gasteiger partial charge in [-0.3, -0.25) is 10.2 Å². The lowest BCUT2D eigenvalue weighted by molar-refractivity contribution is -0.119. The first-order valence-electron chi connectivity index (χ1n) is 10.8. The van der Waals surface area contributed by atoms with Crippen molar-refractivity contribution in [2.24, 2.45) is 5.73 Å². The molecule has 1 aliphatic heterocycles. The molecule has 1 saturated heterocycles. The van der Waals surface area contributed by atoms with Crippen molar-refractivity contribution in [3.05, 3.63) is 84.4 Å². The summed E-state index contributed by atoms with van der Waals surface area (Å²) in [6.07, 6.45) is 2.54. The molecule has 0 radical (unpaired) electrons. The number of piperidine rings is 1. The Kier molecular flexibility index (Phi) is 6.67. The lowest BCUT2D eigenvalue weighted by Crippen LogP contribution is -2.39. The number of benzene rings is 3. The van der Waals surface area contributed by atoms with E-state index >= 15 is 0 Å². The highest BCUT2D eigenvalue weighted by Gasteiger charge is 2.20. The van der Waals surface area contributed by atoms with Gasteiger partial charge in [0, 0.05) is 30.9 Å². The van der Waals surface area contributed by atoms with Crippen molar-refractivity contribution in [3.63, 3.8) is 0 Å². The van der Waals surface area contributed by atoms with E-state index in [9.17, 15) is 9.59 Å². The van der Waals surface area contributed by atoms with E-state index in [0.29, 0.717) is 24.3 Å². The van der Waals surface area contributed by atoms with Gasteiger partial charge in [-0.1, -0.05) is 30.3 Å². The number of nitrogens with zero attached hydrogens (tertiary/aromatic N) is 2. The maximum absolute atomic E-state index is 13.2. The Morgan fingerprint density at radius 3 is 2.44 bits per heavy atom. The van der Waals surface area contributed by atoms with Crippen LogP contribution in [0.15, 0.2) is 78.9 Å². The number of urea groups is 1. The average molecular weight is 430 g/mol. The standard InChI is InChI=1S/C25H27N5O2/c26-18-19-7-6-8-21(17-19)28-30(23-9-2-1-3-10-23)25(32)27-20-12-14-22(15-13-20)29-16-5-4-11-24(29)31/h1-3,6-10,12-15,17,28H,4-5,11,16,18,26H2,(H,27,32). The molecule has 32 heavy (non-hydrogen) atoms. The van der Waals surface area contributed by atoms with Gasteiger partial charge in [0.05, 0.1) is 11.4 Å². The molecular formula is C25H27N5O2. The van der Waals surface area contributed by atoms with Crippen LogP contribution in [0.4, 0.5) is 27.5 Å². The second-order valence-electron chi connectivity index (χ2n) is 7.67. The molecule has 4 N–H and O–H groups in total. The van der Waals surface area contributed by atoms with E-state index in [-0.39, 0.29) is 11.9 Å². The molecule has 0 aromatic heterocycles. The summed E-state index contributed by atoms with van der Waals surface area (Å²) in [6, 6.07) is 24.0. The number of nitrogens with two attached hydrogens (primary N) is 1. The molecule has 164 valence electrons. The topological polar surface area (TPSA) is 90.7 Å². The molecule has 4 rings (SSSR count). The molecule has 3 aromatic carbocycles. The van der Waals surface area contributed by atoms with Crippen molar-refractivity contribution in [1.29, 1.82) is 0 Å². The van der Waals surface area contributed by atoms with E-state index in [2.05, 4.69) is 10.7 Å². The predicted molar refractivity (Wildman–Crippen MR) is 129 cm³/mol. The smallest absolute Gasteiger partial charge is 0.326 e. The third-order valence-electron chi connectivity index (χ3n) is 5.37. The van der Waals surface area contributed by atoms with Crippen LogP contribution >= 0.6 is 0 Å². The minimum atomic E-state index is -0.337. The molecule has 0 bridgehead atoms. The van der Waals surface area contributed by atoms with Crippen molar-refractivity contribution in [1.82, 2.24) is 0 Å². The van der Waals surface area contributed by atoms with E-state index < -0.39 is 0 Å². The summed E-state index contributed by atoms with van der Waals surface area (Å²) in [5.74, 6) is 0.146. The van der Waals surface area contributed by atoms with Gasteiger partial charge in [-0.15, -0.1) is 0 Å².